The van der Waals surface area contributed by atoms with Crippen LogP contribution in [0.4, 0.5) is 9.80 Å². The molecule has 96 valence electrons. The van der Waals surface area contributed by atoms with Crippen molar-refractivity contribution in [2.24, 2.45) is 5.92 Å². The summed E-state index contributed by atoms with van der Waals surface area (Å²) in [6.45, 7) is 6.25. The summed E-state index contributed by atoms with van der Waals surface area (Å²) >= 11 is 1.53. The third-order valence-electron chi connectivity index (χ3n) is 2.75. The second-order valence-corrected chi connectivity index (χ2v) is 5.49. The first-order valence-electron chi connectivity index (χ1n) is 5.82. The zero-order valence-corrected chi connectivity index (χ0v) is 11.3. The minimum absolute atomic E-state index is 0.194. The van der Waals surface area contributed by atoms with Crippen molar-refractivity contribution in [1.82, 2.24) is 5.32 Å². The van der Waals surface area contributed by atoms with Gasteiger partial charge in [-0.2, -0.15) is 0 Å². The van der Waals surface area contributed by atoms with Gasteiger partial charge in [0.25, 0.3) is 0 Å². The van der Waals surface area contributed by atoms with Gasteiger partial charge in [0.15, 0.2) is 0 Å². The highest BCUT2D eigenvalue weighted by atomic mass is 32.1. The van der Waals surface area contributed by atoms with E-state index in [9.17, 15) is 9.90 Å². The number of thiophene rings is 1. The fourth-order valence-electron chi connectivity index (χ4n) is 1.33. The number of hydrogen-bond donors (Lipinski definition) is 3. The van der Waals surface area contributed by atoms with Crippen molar-refractivity contribution in [3.63, 3.8) is 0 Å². The number of nitrogens with one attached hydrogen (secondary N) is 2. The van der Waals surface area contributed by atoms with Crippen molar-refractivity contribution in [3.8, 4) is 0 Å². The summed E-state index contributed by atoms with van der Waals surface area (Å²) in [6.07, 6.45) is 0.407. The molecule has 3 N–H and O–H groups in total. The van der Waals surface area contributed by atoms with Gasteiger partial charge >= 0.3 is 6.03 Å². The maximum absolute atomic E-state index is 11.5. The molecule has 0 spiro atoms. The molecule has 0 saturated carbocycles. The average Bonchev–Trinajstić information content (AvgIpc) is 2.70. The topological polar surface area (TPSA) is 61.4 Å². The molecule has 17 heavy (non-hydrogen) atoms. The number of aliphatic hydroxyl groups excluding tert-OH is 1. The minimum Gasteiger partial charge on any atom is -0.391 e. The Balaban J connectivity index is 2.30. The van der Waals surface area contributed by atoms with Crippen molar-refractivity contribution >= 4 is 22.4 Å². The molecular formula is C12H20N2O2S. The lowest BCUT2D eigenvalue weighted by molar-refractivity contribution is 0.115. The van der Waals surface area contributed by atoms with Gasteiger partial charge in [-0.1, -0.05) is 20.3 Å². The maximum atomic E-state index is 11.5. The first kappa shape index (κ1) is 14.0. The van der Waals surface area contributed by atoms with E-state index in [1.54, 1.807) is 0 Å². The normalized spacial score (nSPS) is 14.1. The second kappa shape index (κ2) is 6.61. The van der Waals surface area contributed by atoms with Gasteiger partial charge < -0.3 is 10.4 Å². The Morgan fingerprint density at radius 3 is 2.76 bits per heavy atom. The molecule has 0 aliphatic heterocycles. The minimum atomic E-state index is -0.490. The smallest absolute Gasteiger partial charge is 0.319 e. The van der Waals surface area contributed by atoms with Crippen LogP contribution in [0.25, 0.3) is 0 Å². The number of rotatable bonds is 5. The van der Waals surface area contributed by atoms with Gasteiger partial charge in [0, 0.05) is 11.4 Å². The summed E-state index contributed by atoms with van der Waals surface area (Å²) in [7, 11) is 0. The summed E-state index contributed by atoms with van der Waals surface area (Å²) in [6, 6.07) is 3.55. The molecule has 0 bridgehead atoms. The Hall–Kier alpha value is -1.07. The van der Waals surface area contributed by atoms with Gasteiger partial charge in [-0.3, -0.25) is 5.32 Å². The first-order valence-corrected chi connectivity index (χ1v) is 6.64. The zero-order valence-electron chi connectivity index (χ0n) is 10.5. The van der Waals surface area contributed by atoms with Gasteiger partial charge in [0.1, 0.15) is 0 Å². The number of amides is 2. The van der Waals surface area contributed by atoms with Gasteiger partial charge in [-0.25, -0.2) is 4.79 Å². The lowest BCUT2D eigenvalue weighted by atomic mass is 10.0. The van der Waals surface area contributed by atoms with Crippen LogP contribution in [-0.4, -0.2) is 23.8 Å². The van der Waals surface area contributed by atoms with Crippen LogP contribution in [-0.2, 0) is 0 Å². The van der Waals surface area contributed by atoms with Crippen LogP contribution in [0, 0.1) is 12.8 Å². The summed E-state index contributed by atoms with van der Waals surface area (Å²) in [5.74, 6) is 0.194. The number of urea groups is 1. The van der Waals surface area contributed by atoms with E-state index in [1.807, 2.05) is 32.9 Å². The lowest BCUT2D eigenvalue weighted by Crippen LogP contribution is -2.37. The molecule has 1 heterocycles. The quantitative estimate of drug-likeness (QED) is 0.758. The highest BCUT2D eigenvalue weighted by Crippen LogP contribution is 2.20. The van der Waals surface area contributed by atoms with Crippen molar-refractivity contribution < 1.29 is 9.90 Å². The molecule has 2 unspecified atom stereocenters. The Morgan fingerprint density at radius 1 is 1.53 bits per heavy atom. The van der Waals surface area contributed by atoms with Crippen LogP contribution in [0.15, 0.2) is 12.1 Å². The average molecular weight is 256 g/mol. The number of anilines is 1. The van der Waals surface area contributed by atoms with Crippen LogP contribution < -0.4 is 10.6 Å². The van der Waals surface area contributed by atoms with Gasteiger partial charge in [-0.15, -0.1) is 11.3 Å². The molecule has 1 rings (SSSR count). The molecule has 0 aromatic carbocycles. The molecule has 0 aliphatic carbocycles. The fraction of sp³-hybridized carbons (Fsp3) is 0.583. The number of hydrogen-bond acceptors (Lipinski definition) is 3. The molecule has 2 amide bonds. The molecule has 2 atom stereocenters. The predicted octanol–water partition coefficient (Wildman–Crippen LogP) is 2.59. The van der Waals surface area contributed by atoms with E-state index in [0.717, 1.165) is 16.3 Å². The first-order chi connectivity index (χ1) is 8.02. The van der Waals surface area contributed by atoms with Crippen LogP contribution >= 0.6 is 11.3 Å². The Morgan fingerprint density at radius 2 is 2.24 bits per heavy atom. The number of carbonyl (C=O) groups excluding carboxylic acids is 1. The van der Waals surface area contributed by atoms with Crippen LogP contribution in [0.5, 0.6) is 0 Å². The summed E-state index contributed by atoms with van der Waals surface area (Å²) in [5.41, 5.74) is 0. The van der Waals surface area contributed by atoms with Crippen molar-refractivity contribution in [2.75, 3.05) is 11.9 Å². The van der Waals surface area contributed by atoms with Crippen LogP contribution in [0.2, 0.25) is 0 Å². The highest BCUT2D eigenvalue weighted by molar-refractivity contribution is 7.16. The van der Waals surface area contributed by atoms with Gasteiger partial charge in [0.2, 0.25) is 0 Å². The zero-order chi connectivity index (χ0) is 12.8. The summed E-state index contributed by atoms with van der Waals surface area (Å²) < 4.78 is 0. The second-order valence-electron chi connectivity index (χ2n) is 4.20. The Kier molecular flexibility index (Phi) is 5.44. The number of aryl methyl sites for hydroxylation is 1. The Labute approximate surface area is 106 Å². The fourth-order valence-corrected chi connectivity index (χ4v) is 2.09. The highest BCUT2D eigenvalue weighted by Gasteiger charge is 2.13. The Bertz CT molecular complexity index is 365. The van der Waals surface area contributed by atoms with Crippen LogP contribution in [0.1, 0.15) is 25.1 Å². The van der Waals surface area contributed by atoms with Gasteiger partial charge in [0.05, 0.1) is 11.1 Å². The van der Waals surface area contributed by atoms with E-state index in [4.69, 9.17) is 0 Å². The third-order valence-corrected chi connectivity index (χ3v) is 3.67. The third kappa shape index (κ3) is 4.75. The van der Waals surface area contributed by atoms with Crippen molar-refractivity contribution in [3.05, 3.63) is 17.0 Å². The molecule has 5 heteroatoms. The molecule has 0 aliphatic rings. The SMILES string of the molecule is CCC(C)C(O)CNC(=O)Nc1ccc(C)s1. The van der Waals surface area contributed by atoms with Crippen molar-refractivity contribution in [2.45, 2.75) is 33.3 Å². The van der Waals surface area contributed by atoms with Crippen molar-refractivity contribution in [1.29, 1.82) is 0 Å². The predicted molar refractivity (Wildman–Crippen MR) is 71.5 cm³/mol. The molecule has 1 aromatic heterocycles. The summed E-state index contributed by atoms with van der Waals surface area (Å²) in [4.78, 5) is 12.7. The monoisotopic (exact) mass is 256 g/mol. The van der Waals surface area contributed by atoms with Crippen LogP contribution in [0.3, 0.4) is 0 Å². The largest absolute Gasteiger partial charge is 0.391 e. The molecule has 1 aromatic rings. The van der Waals surface area contributed by atoms with E-state index < -0.39 is 6.10 Å². The van der Waals surface area contributed by atoms with E-state index >= 15 is 0 Å². The van der Waals surface area contributed by atoms with E-state index in [-0.39, 0.29) is 18.5 Å². The summed E-state index contributed by atoms with van der Waals surface area (Å²) in [5, 5.41) is 15.9. The maximum Gasteiger partial charge on any atom is 0.319 e. The molecule has 0 radical (unpaired) electrons. The molecular weight excluding hydrogens is 236 g/mol. The van der Waals surface area contributed by atoms with E-state index in [0.29, 0.717) is 0 Å². The number of carbonyl (C=O) groups is 1. The molecule has 0 fully saturated rings. The van der Waals surface area contributed by atoms with E-state index in [2.05, 4.69) is 10.6 Å². The standard InChI is InChI=1S/C12H20N2O2S/c1-4-8(2)10(15)7-13-12(16)14-11-6-5-9(3)17-11/h5-6,8,10,15H,4,7H2,1-3H3,(H2,13,14,16). The lowest BCUT2D eigenvalue weighted by Gasteiger charge is -2.17. The number of aliphatic hydroxyl groups is 1. The van der Waals surface area contributed by atoms with Gasteiger partial charge in [-0.05, 0) is 25.0 Å². The van der Waals surface area contributed by atoms with E-state index in [1.165, 1.54) is 11.3 Å². The molecule has 0 saturated heterocycles. The molecule has 4 nitrogen and oxygen atoms in total.